The lowest BCUT2D eigenvalue weighted by Gasteiger charge is -2.26. The van der Waals surface area contributed by atoms with Crippen molar-refractivity contribution in [2.45, 2.75) is 0 Å². The van der Waals surface area contributed by atoms with Crippen LogP contribution in [0.1, 0.15) is 0 Å². The first-order valence-corrected chi connectivity index (χ1v) is 7.00. The summed E-state index contributed by atoms with van der Waals surface area (Å²) in [5.74, 6) is 0. The second-order valence-electron chi connectivity index (χ2n) is 3.59. The lowest BCUT2D eigenvalue weighted by molar-refractivity contribution is 0.588. The molecule has 0 aliphatic carbocycles. The molecule has 0 unspecified atom stereocenters. The van der Waals surface area contributed by atoms with Gasteiger partial charge in [0.25, 0.3) is 0 Å². The largest absolute Gasteiger partial charge is 0.346 e. The summed E-state index contributed by atoms with van der Waals surface area (Å²) in [6.07, 6.45) is 1.82. The van der Waals surface area contributed by atoms with E-state index in [9.17, 15) is 0 Å². The number of hydrogen-bond acceptors (Lipinski definition) is 6. The van der Waals surface area contributed by atoms with Crippen LogP contribution in [0.4, 0.5) is 5.13 Å². The van der Waals surface area contributed by atoms with Gasteiger partial charge in [-0.3, -0.25) is 0 Å². The van der Waals surface area contributed by atoms with E-state index in [1.807, 2.05) is 11.6 Å². The quantitative estimate of drug-likeness (QED) is 0.883. The number of aromatic nitrogens is 2. The fourth-order valence-electron chi connectivity index (χ4n) is 1.71. The van der Waals surface area contributed by atoms with E-state index in [2.05, 4.69) is 25.6 Å². The van der Waals surface area contributed by atoms with Crippen molar-refractivity contribution in [1.82, 2.24) is 15.3 Å². The first-order valence-electron chi connectivity index (χ1n) is 5.24. The summed E-state index contributed by atoms with van der Waals surface area (Å²) in [5, 5.41) is 9.55. The van der Waals surface area contributed by atoms with Gasteiger partial charge in [0.1, 0.15) is 10.7 Å². The first kappa shape index (κ1) is 10.2. The van der Waals surface area contributed by atoms with Gasteiger partial charge < -0.3 is 10.2 Å². The van der Waals surface area contributed by atoms with Gasteiger partial charge >= 0.3 is 0 Å². The second-order valence-corrected chi connectivity index (χ2v) is 5.32. The van der Waals surface area contributed by atoms with E-state index in [4.69, 9.17) is 0 Å². The normalized spacial score (nSPS) is 16.6. The average molecular weight is 252 g/mol. The molecule has 4 nitrogen and oxygen atoms in total. The van der Waals surface area contributed by atoms with Crippen LogP contribution >= 0.6 is 22.7 Å². The molecule has 0 bridgehead atoms. The fraction of sp³-hybridized carbons (Fsp3) is 0.400. The summed E-state index contributed by atoms with van der Waals surface area (Å²) in [5.41, 5.74) is 1.01. The van der Waals surface area contributed by atoms with Gasteiger partial charge in [-0.2, -0.15) is 0 Å². The zero-order valence-electron chi connectivity index (χ0n) is 8.72. The Morgan fingerprint density at radius 2 is 2.12 bits per heavy atom. The molecule has 1 saturated heterocycles. The summed E-state index contributed by atoms with van der Waals surface area (Å²) in [7, 11) is 0. The SMILES string of the molecule is c1csc(-c2csc(N3CCNCC3)n2)n1. The van der Waals surface area contributed by atoms with Crippen molar-refractivity contribution in [2.24, 2.45) is 0 Å². The first-order chi connectivity index (χ1) is 7.93. The molecule has 0 spiro atoms. The van der Waals surface area contributed by atoms with E-state index >= 15 is 0 Å². The molecular weight excluding hydrogens is 240 g/mol. The standard InChI is InChI=1S/C10H12N4S2/c1-4-14(5-2-11-1)10-13-8(7-16-10)9-12-3-6-15-9/h3,6-7,11H,1-2,4-5H2. The van der Waals surface area contributed by atoms with Crippen molar-refractivity contribution in [2.75, 3.05) is 31.1 Å². The van der Waals surface area contributed by atoms with Gasteiger partial charge in [-0.1, -0.05) is 0 Å². The van der Waals surface area contributed by atoms with Gasteiger partial charge in [-0.25, -0.2) is 9.97 Å². The molecule has 0 atom stereocenters. The van der Waals surface area contributed by atoms with Crippen molar-refractivity contribution < 1.29 is 0 Å². The zero-order valence-corrected chi connectivity index (χ0v) is 10.4. The maximum atomic E-state index is 4.64. The minimum absolute atomic E-state index is 1.01. The van der Waals surface area contributed by atoms with E-state index in [-0.39, 0.29) is 0 Å². The molecule has 0 amide bonds. The summed E-state index contributed by atoms with van der Waals surface area (Å²) in [4.78, 5) is 11.2. The van der Waals surface area contributed by atoms with Crippen molar-refractivity contribution in [3.8, 4) is 10.7 Å². The predicted molar refractivity (Wildman–Crippen MR) is 68.3 cm³/mol. The highest BCUT2D eigenvalue weighted by Crippen LogP contribution is 2.28. The maximum absolute atomic E-state index is 4.64. The van der Waals surface area contributed by atoms with E-state index in [1.165, 1.54) is 0 Å². The molecule has 1 aliphatic rings. The van der Waals surface area contributed by atoms with Crippen molar-refractivity contribution in [1.29, 1.82) is 0 Å². The number of rotatable bonds is 2. The van der Waals surface area contributed by atoms with Crippen molar-refractivity contribution >= 4 is 27.8 Å². The lowest BCUT2D eigenvalue weighted by atomic mass is 10.4. The highest BCUT2D eigenvalue weighted by molar-refractivity contribution is 7.15. The van der Waals surface area contributed by atoms with Crippen molar-refractivity contribution in [3.63, 3.8) is 0 Å². The minimum atomic E-state index is 1.01. The van der Waals surface area contributed by atoms with E-state index < -0.39 is 0 Å². The lowest BCUT2D eigenvalue weighted by Crippen LogP contribution is -2.43. The summed E-state index contributed by atoms with van der Waals surface area (Å²) >= 11 is 3.35. The summed E-state index contributed by atoms with van der Waals surface area (Å²) < 4.78 is 0. The molecule has 0 aromatic carbocycles. The Morgan fingerprint density at radius 3 is 2.88 bits per heavy atom. The molecular formula is C10H12N4S2. The Morgan fingerprint density at radius 1 is 1.25 bits per heavy atom. The molecule has 0 radical (unpaired) electrons. The topological polar surface area (TPSA) is 41.0 Å². The van der Waals surface area contributed by atoms with Crippen LogP contribution in [0, 0.1) is 0 Å². The second kappa shape index (κ2) is 4.48. The van der Waals surface area contributed by atoms with Crippen molar-refractivity contribution in [3.05, 3.63) is 17.0 Å². The summed E-state index contributed by atoms with van der Waals surface area (Å²) in [6, 6.07) is 0. The maximum Gasteiger partial charge on any atom is 0.186 e. The smallest absolute Gasteiger partial charge is 0.186 e. The van der Waals surface area contributed by atoms with Gasteiger partial charge in [0.15, 0.2) is 5.13 Å². The monoisotopic (exact) mass is 252 g/mol. The van der Waals surface area contributed by atoms with Crippen LogP contribution in [0.15, 0.2) is 17.0 Å². The molecule has 84 valence electrons. The van der Waals surface area contributed by atoms with E-state index in [0.29, 0.717) is 0 Å². The van der Waals surface area contributed by atoms with E-state index in [1.54, 1.807) is 22.7 Å². The highest BCUT2D eigenvalue weighted by Gasteiger charge is 2.15. The molecule has 3 heterocycles. The van der Waals surface area contributed by atoms with Gasteiger partial charge in [0.2, 0.25) is 0 Å². The fourth-order valence-corrected chi connectivity index (χ4v) is 3.25. The van der Waals surface area contributed by atoms with Crippen LogP contribution in [-0.2, 0) is 0 Å². The zero-order chi connectivity index (χ0) is 10.8. The van der Waals surface area contributed by atoms with Crippen LogP contribution in [-0.4, -0.2) is 36.1 Å². The Bertz CT molecular complexity index is 445. The van der Waals surface area contributed by atoms with Crippen LogP contribution in [0.25, 0.3) is 10.7 Å². The van der Waals surface area contributed by atoms with Crippen LogP contribution in [0.2, 0.25) is 0 Å². The number of hydrogen-bond donors (Lipinski definition) is 1. The molecule has 1 aliphatic heterocycles. The molecule has 2 aromatic heterocycles. The molecule has 0 saturated carbocycles. The molecule has 1 fully saturated rings. The Kier molecular flexibility index (Phi) is 2.86. The molecule has 16 heavy (non-hydrogen) atoms. The number of anilines is 1. The Labute approximate surface area is 102 Å². The third-order valence-corrected chi connectivity index (χ3v) is 4.23. The summed E-state index contributed by atoms with van der Waals surface area (Å²) in [6.45, 7) is 4.19. The molecule has 1 N–H and O–H groups in total. The molecule has 2 aromatic rings. The highest BCUT2D eigenvalue weighted by atomic mass is 32.1. The molecule has 6 heteroatoms. The number of piperazine rings is 1. The van der Waals surface area contributed by atoms with Gasteiger partial charge in [-0.15, -0.1) is 22.7 Å². The number of nitrogens with one attached hydrogen (secondary N) is 1. The minimum Gasteiger partial charge on any atom is -0.346 e. The van der Waals surface area contributed by atoms with Crippen LogP contribution in [0.3, 0.4) is 0 Å². The predicted octanol–water partition coefficient (Wildman–Crippen LogP) is 1.68. The van der Waals surface area contributed by atoms with E-state index in [0.717, 1.165) is 42.0 Å². The van der Waals surface area contributed by atoms with Crippen LogP contribution < -0.4 is 10.2 Å². The third-order valence-electron chi connectivity index (χ3n) is 2.53. The Hall–Kier alpha value is -0.980. The van der Waals surface area contributed by atoms with Gasteiger partial charge in [0, 0.05) is 43.1 Å². The number of thiazole rings is 2. The van der Waals surface area contributed by atoms with Crippen LogP contribution in [0.5, 0.6) is 0 Å². The van der Waals surface area contributed by atoms with Gasteiger partial charge in [-0.05, 0) is 0 Å². The van der Waals surface area contributed by atoms with Gasteiger partial charge in [0.05, 0.1) is 0 Å². The third kappa shape index (κ3) is 1.95. The number of nitrogens with zero attached hydrogens (tertiary/aromatic N) is 3. The Balaban J connectivity index is 1.82. The molecule has 3 rings (SSSR count). The average Bonchev–Trinajstić information content (AvgIpc) is 3.01.